The molecular weight excluding hydrogens is 444 g/mol. The molecule has 0 saturated carbocycles. The Morgan fingerprint density at radius 3 is 2.33 bits per heavy atom. The summed E-state index contributed by atoms with van der Waals surface area (Å²) in [5.41, 5.74) is 3.33. The molecule has 1 fully saturated rings. The zero-order valence-corrected chi connectivity index (χ0v) is 19.7. The Hall–Kier alpha value is -2.21. The van der Waals surface area contributed by atoms with Crippen molar-refractivity contribution in [2.75, 3.05) is 38.3 Å². The first-order valence-corrected chi connectivity index (χ1v) is 11.5. The first-order chi connectivity index (χ1) is 14.5. The summed E-state index contributed by atoms with van der Waals surface area (Å²) in [4.78, 5) is 17.2. The molecule has 0 aliphatic carbocycles. The molecule has 5 nitrogen and oxygen atoms in total. The minimum absolute atomic E-state index is 0.0681. The van der Waals surface area contributed by atoms with E-state index < -0.39 is 0 Å². The number of ether oxygens (including phenoxy) is 2. The number of hydrogen-bond acceptors (Lipinski definition) is 4. The molecule has 162 valence electrons. The lowest BCUT2D eigenvalue weighted by Gasteiger charge is -2.25. The number of likely N-dealkylation sites (N-methyl/N-ethyl adjacent to an activating group) is 1. The van der Waals surface area contributed by atoms with E-state index in [4.69, 9.17) is 9.47 Å². The third-order valence-corrected chi connectivity index (χ3v) is 6.06. The molecule has 1 aliphatic heterocycles. The summed E-state index contributed by atoms with van der Waals surface area (Å²) in [6.45, 7) is 7.76. The average molecular weight is 475 g/mol. The van der Waals surface area contributed by atoms with E-state index in [-0.39, 0.29) is 5.91 Å². The molecule has 1 heterocycles. The van der Waals surface area contributed by atoms with Crippen LogP contribution < -0.4 is 14.4 Å². The van der Waals surface area contributed by atoms with Crippen molar-refractivity contribution in [1.82, 2.24) is 4.90 Å². The smallest absolute Gasteiger partial charge is 0.227 e. The molecule has 0 unspecified atom stereocenters. The molecule has 2 aromatic carbocycles. The van der Waals surface area contributed by atoms with Crippen molar-refractivity contribution < 1.29 is 14.3 Å². The second-order valence-corrected chi connectivity index (χ2v) is 8.36. The Balaban J connectivity index is 1.73. The second kappa shape index (κ2) is 10.7. The van der Waals surface area contributed by atoms with Crippen LogP contribution in [-0.2, 0) is 17.8 Å². The molecule has 6 heteroatoms. The molecule has 0 spiro atoms. The Morgan fingerprint density at radius 1 is 1.03 bits per heavy atom. The molecule has 0 N–H and O–H groups in total. The number of anilines is 1. The first-order valence-electron chi connectivity index (χ1n) is 10.7. The highest BCUT2D eigenvalue weighted by Crippen LogP contribution is 2.34. The van der Waals surface area contributed by atoms with Crippen LogP contribution in [0, 0.1) is 0 Å². The summed E-state index contributed by atoms with van der Waals surface area (Å²) in [7, 11) is 1.87. The van der Waals surface area contributed by atoms with Gasteiger partial charge in [0.1, 0.15) is 0 Å². The topological polar surface area (TPSA) is 42.0 Å². The number of carbonyl (C=O) groups is 1. The molecular formula is C24H31BrN2O3. The number of nitrogens with zero attached hydrogens (tertiary/aromatic N) is 2. The fraction of sp³-hybridized carbons (Fsp3) is 0.458. The van der Waals surface area contributed by atoms with Crippen LogP contribution in [0.2, 0.25) is 0 Å². The van der Waals surface area contributed by atoms with Crippen molar-refractivity contribution in [3.8, 4) is 11.5 Å². The quantitative estimate of drug-likeness (QED) is 0.509. The van der Waals surface area contributed by atoms with Gasteiger partial charge in [-0.2, -0.15) is 0 Å². The number of amides is 1. The largest absolute Gasteiger partial charge is 0.490 e. The lowest BCUT2D eigenvalue weighted by molar-refractivity contribution is -0.129. The third kappa shape index (κ3) is 5.48. The number of rotatable bonds is 9. The van der Waals surface area contributed by atoms with Gasteiger partial charge in [0, 0.05) is 36.8 Å². The Morgan fingerprint density at radius 2 is 1.67 bits per heavy atom. The molecule has 0 atom stereocenters. The van der Waals surface area contributed by atoms with Gasteiger partial charge >= 0.3 is 0 Å². The molecule has 3 rings (SSSR count). The lowest BCUT2D eigenvalue weighted by atomic mass is 10.1. The van der Waals surface area contributed by atoms with Crippen LogP contribution in [0.3, 0.4) is 0 Å². The maximum atomic E-state index is 13.0. The van der Waals surface area contributed by atoms with Gasteiger partial charge < -0.3 is 19.3 Å². The van der Waals surface area contributed by atoms with E-state index in [0.29, 0.717) is 37.7 Å². The molecule has 0 aromatic heterocycles. The summed E-state index contributed by atoms with van der Waals surface area (Å²) in [6, 6.07) is 12.2. The van der Waals surface area contributed by atoms with E-state index in [9.17, 15) is 4.79 Å². The lowest BCUT2D eigenvalue weighted by Crippen LogP contribution is -2.29. The minimum Gasteiger partial charge on any atom is -0.490 e. The van der Waals surface area contributed by atoms with Crippen molar-refractivity contribution in [3.05, 3.63) is 52.0 Å². The first kappa shape index (κ1) is 22.5. The van der Waals surface area contributed by atoms with E-state index in [2.05, 4.69) is 39.0 Å². The normalized spacial score (nSPS) is 13.4. The summed E-state index contributed by atoms with van der Waals surface area (Å²) < 4.78 is 12.2. The number of para-hydroxylation sites is 1. The summed E-state index contributed by atoms with van der Waals surface area (Å²) in [5, 5.41) is 0. The summed E-state index contributed by atoms with van der Waals surface area (Å²) in [6.07, 6.45) is 2.77. The zero-order chi connectivity index (χ0) is 21.5. The Bertz CT molecular complexity index is 866. The van der Waals surface area contributed by atoms with E-state index in [1.807, 2.05) is 39.1 Å². The van der Waals surface area contributed by atoms with Crippen LogP contribution in [0.15, 0.2) is 40.9 Å². The molecule has 1 aliphatic rings. The highest BCUT2D eigenvalue weighted by molar-refractivity contribution is 9.10. The van der Waals surface area contributed by atoms with Gasteiger partial charge in [-0.25, -0.2) is 0 Å². The maximum absolute atomic E-state index is 13.0. The predicted octanol–water partition coefficient (Wildman–Crippen LogP) is 5.05. The van der Waals surface area contributed by atoms with Crippen molar-refractivity contribution >= 4 is 27.5 Å². The Kier molecular flexibility index (Phi) is 8.02. The van der Waals surface area contributed by atoms with E-state index in [1.54, 1.807) is 4.90 Å². The standard InChI is InChI=1S/C24H31BrN2O3/c1-4-29-22-14-19(20(25)16-23(22)30-5-2)15-24(28)26(3)17-18-10-6-7-11-21(18)27-12-8-9-13-27/h6-7,10-11,14,16H,4-5,8-9,12-13,15,17H2,1-3H3. The molecule has 0 bridgehead atoms. The van der Waals surface area contributed by atoms with Gasteiger partial charge in [0.05, 0.1) is 19.6 Å². The van der Waals surface area contributed by atoms with Crippen LogP contribution in [0.4, 0.5) is 5.69 Å². The second-order valence-electron chi connectivity index (χ2n) is 7.51. The molecule has 1 amide bonds. The maximum Gasteiger partial charge on any atom is 0.227 e. The van der Waals surface area contributed by atoms with Crippen LogP contribution in [-0.4, -0.2) is 44.2 Å². The summed E-state index contributed by atoms with van der Waals surface area (Å²) in [5.74, 6) is 1.43. The van der Waals surface area contributed by atoms with Gasteiger partial charge in [0.15, 0.2) is 11.5 Å². The van der Waals surface area contributed by atoms with Crippen molar-refractivity contribution in [1.29, 1.82) is 0 Å². The van der Waals surface area contributed by atoms with Crippen molar-refractivity contribution in [2.45, 2.75) is 39.7 Å². The van der Waals surface area contributed by atoms with Gasteiger partial charge in [0.2, 0.25) is 5.91 Å². The SMILES string of the molecule is CCOc1cc(Br)c(CC(=O)N(C)Cc2ccccc2N2CCCC2)cc1OCC. The molecule has 1 saturated heterocycles. The van der Waals surface area contributed by atoms with Gasteiger partial charge in [-0.1, -0.05) is 34.1 Å². The van der Waals surface area contributed by atoms with Crippen LogP contribution in [0.1, 0.15) is 37.8 Å². The minimum atomic E-state index is 0.0681. The van der Waals surface area contributed by atoms with Gasteiger partial charge in [-0.05, 0) is 56.0 Å². The number of hydrogen-bond donors (Lipinski definition) is 0. The number of carbonyl (C=O) groups excluding carboxylic acids is 1. The number of benzene rings is 2. The van der Waals surface area contributed by atoms with E-state index in [0.717, 1.165) is 23.1 Å². The fourth-order valence-corrected chi connectivity index (χ4v) is 4.26. The van der Waals surface area contributed by atoms with Crippen LogP contribution in [0.25, 0.3) is 0 Å². The van der Waals surface area contributed by atoms with E-state index in [1.165, 1.54) is 24.1 Å². The monoisotopic (exact) mass is 474 g/mol. The van der Waals surface area contributed by atoms with Crippen LogP contribution in [0.5, 0.6) is 11.5 Å². The highest BCUT2D eigenvalue weighted by atomic mass is 79.9. The van der Waals surface area contributed by atoms with Gasteiger partial charge in [-0.15, -0.1) is 0 Å². The molecule has 30 heavy (non-hydrogen) atoms. The van der Waals surface area contributed by atoms with E-state index >= 15 is 0 Å². The van der Waals surface area contributed by atoms with Crippen LogP contribution >= 0.6 is 15.9 Å². The van der Waals surface area contributed by atoms with Crippen molar-refractivity contribution in [2.24, 2.45) is 0 Å². The zero-order valence-electron chi connectivity index (χ0n) is 18.1. The third-order valence-electron chi connectivity index (χ3n) is 5.33. The van der Waals surface area contributed by atoms with Crippen molar-refractivity contribution in [3.63, 3.8) is 0 Å². The number of halogens is 1. The van der Waals surface area contributed by atoms with Gasteiger partial charge in [-0.3, -0.25) is 4.79 Å². The van der Waals surface area contributed by atoms with Gasteiger partial charge in [0.25, 0.3) is 0 Å². The molecule has 0 radical (unpaired) electrons. The predicted molar refractivity (Wildman–Crippen MR) is 125 cm³/mol. The highest BCUT2D eigenvalue weighted by Gasteiger charge is 2.19. The fourth-order valence-electron chi connectivity index (χ4n) is 3.80. The molecule has 2 aromatic rings. The Labute approximate surface area is 188 Å². The average Bonchev–Trinajstić information content (AvgIpc) is 3.26. The summed E-state index contributed by atoms with van der Waals surface area (Å²) >= 11 is 3.59.